The average molecular weight is 1970 g/mol. The van der Waals surface area contributed by atoms with Crippen LogP contribution >= 0.6 is 0 Å². The molecule has 0 aromatic heterocycles. The fraction of sp³-hybridized carbons (Fsp3) is 0.153. The van der Waals surface area contributed by atoms with Gasteiger partial charge in [-0.25, -0.2) is 8.42 Å². The number of alkyl halides is 30. The molecule has 126 heavy (non-hydrogen) atoms. The molecule has 0 aliphatic rings. The fourth-order valence-electron chi connectivity index (χ4n) is 9.90. The lowest BCUT2D eigenvalue weighted by atomic mass is 10.1. The zero-order valence-corrected chi connectivity index (χ0v) is 65.8. The summed E-state index contributed by atoms with van der Waals surface area (Å²) in [6.07, 6.45) is -42.6. The number of carbonyl (C=O) groups is 1. The Kier molecular flexibility index (Phi) is 28.6. The van der Waals surface area contributed by atoms with E-state index in [2.05, 4.69) is 0 Å². The summed E-state index contributed by atoms with van der Waals surface area (Å²) in [7, 11) is -30.4. The van der Waals surface area contributed by atoms with Crippen molar-refractivity contribution in [2.75, 3.05) is 0 Å². The Morgan fingerprint density at radius 2 is 0.405 bits per heavy atom. The zero-order chi connectivity index (χ0) is 95.1. The average Bonchev–Trinajstić information content (AvgIpc) is 0.738. The van der Waals surface area contributed by atoms with E-state index in [1.165, 1.54) is 48.5 Å². The first-order valence-corrected chi connectivity index (χ1v) is 41.9. The summed E-state index contributed by atoms with van der Waals surface area (Å²) in [5.41, 5.74) is -15.1. The largest absolute Gasteiger partial charge is 0.743 e. The molecule has 0 atom stereocenters. The molecule has 0 radical (unpaired) electrons. The van der Waals surface area contributed by atoms with Crippen molar-refractivity contribution >= 4 is 78.3 Å². The standard InChI is InChI=1S/2C34H19F12O6S3.C4H2F6O5S/c2*35-31(36,37)20-14-21(32(38,39)40)17-29(16-20)54(47,48)51-24-6-10-27(11-7-24)53(26-4-2-1-3-5-26)28-12-8-25(9-13-28)52-55(49,50)30-18-22(33(41,42)43)15-23(19-30)34(44,45)46;5-2(6,1(11)12)3(7,8)4(9,10)16(13,14)15/h2*1-19H;(H,11,12)(H,13,14,15)/q2*+1;/p-2. The van der Waals surface area contributed by atoms with Gasteiger partial charge >= 0.3 is 107 Å². The molecular formula is C72H38F30O17S7. The van der Waals surface area contributed by atoms with E-state index in [4.69, 9.17) is 16.7 Å². The van der Waals surface area contributed by atoms with Crippen molar-refractivity contribution in [3.63, 3.8) is 0 Å². The molecule has 17 nitrogen and oxygen atoms in total. The predicted molar refractivity (Wildman–Crippen MR) is 370 cm³/mol. The van der Waals surface area contributed by atoms with Gasteiger partial charge in [-0.05, 0) is 194 Å². The van der Waals surface area contributed by atoms with Crippen LogP contribution in [-0.4, -0.2) is 69.7 Å². The van der Waals surface area contributed by atoms with Crippen molar-refractivity contribution < 1.29 is 205 Å². The van der Waals surface area contributed by atoms with E-state index in [1.54, 1.807) is 60.7 Å². The highest BCUT2D eigenvalue weighted by molar-refractivity contribution is 7.97. The lowest BCUT2D eigenvalue weighted by molar-refractivity contribution is -0.361. The maximum atomic E-state index is 13.3. The molecule has 0 spiro atoms. The minimum atomic E-state index is -7.18. The highest BCUT2D eigenvalue weighted by atomic mass is 32.2. The Hall–Kier alpha value is -10.8. The number of carboxylic acids is 1. The van der Waals surface area contributed by atoms with Crippen LogP contribution < -0.4 is 21.8 Å². The number of hydrogen-bond acceptors (Lipinski definition) is 17. The summed E-state index contributed by atoms with van der Waals surface area (Å²) in [5.74, 6) is -19.4. The van der Waals surface area contributed by atoms with Crippen molar-refractivity contribution in [1.82, 2.24) is 0 Å². The fourth-order valence-corrected chi connectivity index (χ4v) is 18.5. The summed E-state index contributed by atoms with van der Waals surface area (Å²) in [6, 6.07) is 34.7. The Bertz CT molecular complexity index is 5460. The molecule has 0 aliphatic heterocycles. The summed E-state index contributed by atoms with van der Waals surface area (Å²) in [5, 5.41) is 2.68. The minimum Gasteiger partial charge on any atom is -0.743 e. The van der Waals surface area contributed by atoms with Crippen molar-refractivity contribution in [2.24, 2.45) is 0 Å². The molecule has 0 saturated heterocycles. The summed E-state index contributed by atoms with van der Waals surface area (Å²) in [4.78, 5) is 6.69. The van der Waals surface area contributed by atoms with Crippen LogP contribution in [-0.2, 0) is 127 Å². The molecule has 0 fully saturated rings. The van der Waals surface area contributed by atoms with Gasteiger partial charge in [0, 0.05) is 0 Å². The van der Waals surface area contributed by atoms with Crippen LogP contribution in [0.5, 0.6) is 23.0 Å². The van der Waals surface area contributed by atoms with Gasteiger partial charge in [-0.3, -0.25) is 0 Å². The number of benzene rings is 10. The second-order valence-electron chi connectivity index (χ2n) is 24.6. The molecule has 0 unspecified atom stereocenters. The van der Waals surface area contributed by atoms with Gasteiger partial charge in [0.25, 0.3) is 0 Å². The van der Waals surface area contributed by atoms with Crippen molar-refractivity contribution in [2.45, 2.75) is 115 Å². The van der Waals surface area contributed by atoms with Crippen LogP contribution in [0.15, 0.2) is 279 Å². The molecular weight excluding hydrogens is 1930 g/mol. The van der Waals surface area contributed by atoms with Gasteiger partial charge in [-0.2, -0.15) is 165 Å². The Morgan fingerprint density at radius 3 is 0.548 bits per heavy atom. The Morgan fingerprint density at radius 1 is 0.246 bits per heavy atom. The van der Waals surface area contributed by atoms with Crippen LogP contribution in [0.1, 0.15) is 44.5 Å². The number of carbonyl (C=O) groups excluding carboxylic acids is 1. The van der Waals surface area contributed by atoms with Gasteiger partial charge in [-0.15, -0.1) is 0 Å². The van der Waals surface area contributed by atoms with Crippen LogP contribution in [0.4, 0.5) is 132 Å². The van der Waals surface area contributed by atoms with Gasteiger partial charge in [0.05, 0.1) is 66.3 Å². The van der Waals surface area contributed by atoms with E-state index < -0.39 is 232 Å². The van der Waals surface area contributed by atoms with Crippen LogP contribution in [0.2, 0.25) is 0 Å². The highest BCUT2D eigenvalue weighted by Gasteiger charge is 2.75. The van der Waals surface area contributed by atoms with E-state index >= 15 is 0 Å². The molecule has 10 aromatic rings. The Labute approximate surface area is 693 Å². The second-order valence-corrected chi connectivity index (χ2v) is 36.3. The maximum absolute atomic E-state index is 13.3. The zero-order valence-electron chi connectivity index (χ0n) is 60.1. The van der Waals surface area contributed by atoms with Crippen molar-refractivity contribution in [1.29, 1.82) is 0 Å². The third kappa shape index (κ3) is 24.3. The van der Waals surface area contributed by atoms with E-state index in [9.17, 15) is 188 Å². The Balaban J connectivity index is 0.000000266. The molecule has 10 rings (SSSR count). The third-order valence-corrected chi connectivity index (χ3v) is 26.0. The molecule has 0 aliphatic carbocycles. The summed E-state index contributed by atoms with van der Waals surface area (Å²) >= 11 is 0. The topological polar surface area (TPSA) is 271 Å². The smallest absolute Gasteiger partial charge is 0.416 e. The van der Waals surface area contributed by atoms with E-state index in [0.29, 0.717) is 29.4 Å². The number of carboxylic acid groups (broad SMARTS) is 1. The minimum absolute atomic E-state index is 0.0101. The first-order valence-electron chi connectivity index (χ1n) is 32.4. The summed E-state index contributed by atoms with van der Waals surface area (Å²) in [6.45, 7) is 0. The number of rotatable bonds is 22. The SMILES string of the molecule is O=C([O-])C(F)(F)C(F)(F)C(F)(F)S(=O)(=O)[O-].O=S(=O)(Oc1ccc([S+](c2ccccc2)c2ccc(OS(=O)(=O)c3cc(C(F)(F)F)cc(C(F)(F)F)c3)cc2)cc1)c1cc(C(F)(F)F)cc(C(F)(F)F)c1.O=S(=O)(Oc1ccc([S+](c2ccccc2)c2ccc(OS(=O)(=O)c3cc(C(F)(F)F)cc(C(F)(F)F)c3)cc2)cc1)c1cc(C(F)(F)F)cc(C(F)(F)F)c1. The molecule has 0 saturated carbocycles. The van der Waals surface area contributed by atoms with Crippen LogP contribution in [0.3, 0.4) is 0 Å². The van der Waals surface area contributed by atoms with Gasteiger partial charge in [0.2, 0.25) is 0 Å². The van der Waals surface area contributed by atoms with Gasteiger partial charge in [-0.1, -0.05) is 36.4 Å². The van der Waals surface area contributed by atoms with Crippen molar-refractivity contribution in [3.8, 4) is 23.0 Å². The quantitative estimate of drug-likeness (QED) is 0.0264. The molecule has 0 bridgehead atoms. The van der Waals surface area contributed by atoms with E-state index in [-0.39, 0.29) is 72.8 Å². The van der Waals surface area contributed by atoms with Crippen LogP contribution in [0, 0.1) is 0 Å². The third-order valence-electron chi connectivity index (χ3n) is 15.7. The lowest BCUT2D eigenvalue weighted by Crippen LogP contribution is -2.63. The van der Waals surface area contributed by atoms with Crippen molar-refractivity contribution in [3.05, 3.63) is 275 Å². The van der Waals surface area contributed by atoms with E-state index in [1.807, 2.05) is 0 Å². The maximum Gasteiger partial charge on any atom is 0.416 e. The molecule has 0 heterocycles. The highest BCUT2D eigenvalue weighted by Crippen LogP contribution is 2.50. The van der Waals surface area contributed by atoms with Crippen LogP contribution in [0.25, 0.3) is 0 Å². The first kappa shape index (κ1) is 101. The van der Waals surface area contributed by atoms with E-state index in [0.717, 1.165) is 48.5 Å². The van der Waals surface area contributed by atoms with Gasteiger partial charge < -0.3 is 31.2 Å². The monoisotopic (exact) mass is 1970 g/mol. The van der Waals surface area contributed by atoms with Gasteiger partial charge in [0.15, 0.2) is 39.5 Å². The molecule has 10 aromatic carbocycles. The number of halogens is 30. The van der Waals surface area contributed by atoms with Gasteiger partial charge in [0.1, 0.15) is 48.5 Å². The molecule has 680 valence electrons. The molecule has 54 heteroatoms. The lowest BCUT2D eigenvalue weighted by Gasteiger charge is -2.33. The normalized spacial score (nSPS) is 13.4. The molecule has 0 amide bonds. The summed E-state index contributed by atoms with van der Waals surface area (Å²) < 4.78 is 543. The number of hydrogen-bond donors (Lipinski definition) is 0. The molecule has 0 N–H and O–H groups in total. The second kappa shape index (κ2) is 35.8. The predicted octanol–water partition coefficient (Wildman–Crippen LogP) is 19.9. The first-order chi connectivity index (χ1) is 57.2. The number of aliphatic carboxylic acids is 1.